The Morgan fingerprint density at radius 3 is 2.57 bits per heavy atom. The molecule has 4 nitrogen and oxygen atoms in total. The highest BCUT2D eigenvalue weighted by Gasteiger charge is 2.21. The molecule has 112 valence electrons. The van der Waals surface area contributed by atoms with E-state index in [1.165, 1.54) is 25.1 Å². The van der Waals surface area contributed by atoms with E-state index in [0.717, 1.165) is 6.07 Å². The van der Waals surface area contributed by atoms with Gasteiger partial charge in [-0.25, -0.2) is 12.8 Å². The number of sulfonamides is 1. The molecule has 21 heavy (non-hydrogen) atoms. The van der Waals surface area contributed by atoms with Gasteiger partial charge < -0.3 is 5.73 Å². The minimum Gasteiger partial charge on any atom is -0.399 e. The summed E-state index contributed by atoms with van der Waals surface area (Å²) in [7, 11) is -3.97. The number of nitrogen functional groups attached to an aromatic ring is 1. The molecule has 0 atom stereocenters. The molecule has 0 aliphatic carbocycles. The summed E-state index contributed by atoms with van der Waals surface area (Å²) in [6.45, 7) is 1.38. The van der Waals surface area contributed by atoms with E-state index in [2.05, 4.69) is 20.7 Å². The van der Waals surface area contributed by atoms with Gasteiger partial charge in [0.2, 0.25) is 0 Å². The van der Waals surface area contributed by atoms with Crippen molar-refractivity contribution >= 4 is 48.9 Å². The fourth-order valence-electron chi connectivity index (χ4n) is 1.72. The Balaban J connectivity index is 2.48. The molecule has 0 saturated carbocycles. The zero-order valence-electron chi connectivity index (χ0n) is 10.8. The summed E-state index contributed by atoms with van der Waals surface area (Å²) < 4.78 is 41.2. The maximum atomic E-state index is 13.6. The summed E-state index contributed by atoms with van der Waals surface area (Å²) in [6, 6.07) is 6.88. The van der Waals surface area contributed by atoms with Gasteiger partial charge in [0.25, 0.3) is 10.0 Å². The van der Waals surface area contributed by atoms with E-state index in [1.807, 2.05) is 0 Å². The molecule has 2 rings (SSSR count). The Hall–Kier alpha value is -1.31. The number of hydrogen-bond acceptors (Lipinski definition) is 3. The summed E-state index contributed by atoms with van der Waals surface area (Å²) in [5.74, 6) is -0.675. The van der Waals surface area contributed by atoms with Gasteiger partial charge in [-0.3, -0.25) is 4.72 Å². The van der Waals surface area contributed by atoms with Crippen molar-refractivity contribution < 1.29 is 12.8 Å². The fraction of sp³-hybridized carbons (Fsp3) is 0.0769. The number of rotatable bonds is 3. The molecule has 0 bridgehead atoms. The maximum Gasteiger partial charge on any atom is 0.262 e. The van der Waals surface area contributed by atoms with Crippen LogP contribution in [0.1, 0.15) is 5.56 Å². The monoisotopic (exact) mass is 392 g/mol. The van der Waals surface area contributed by atoms with Crippen LogP contribution in [0.3, 0.4) is 0 Å². The highest BCUT2D eigenvalue weighted by Crippen LogP contribution is 2.29. The quantitative estimate of drug-likeness (QED) is 0.776. The van der Waals surface area contributed by atoms with Crippen molar-refractivity contribution in [3.05, 3.63) is 51.2 Å². The number of nitrogens with one attached hydrogen (secondary N) is 1. The molecule has 0 amide bonds. The van der Waals surface area contributed by atoms with Crippen LogP contribution in [-0.2, 0) is 10.0 Å². The van der Waals surface area contributed by atoms with Crippen LogP contribution in [0.4, 0.5) is 15.8 Å². The third-order valence-corrected chi connectivity index (χ3v) is 5.17. The molecule has 3 N–H and O–H groups in total. The maximum absolute atomic E-state index is 13.6. The summed E-state index contributed by atoms with van der Waals surface area (Å²) in [5.41, 5.74) is 5.84. The van der Waals surface area contributed by atoms with E-state index in [4.69, 9.17) is 17.3 Å². The smallest absolute Gasteiger partial charge is 0.262 e. The molecule has 0 radical (unpaired) electrons. The van der Waals surface area contributed by atoms with Crippen molar-refractivity contribution in [2.75, 3.05) is 10.5 Å². The lowest BCUT2D eigenvalue weighted by Gasteiger charge is -2.13. The average Bonchev–Trinajstić information content (AvgIpc) is 2.37. The van der Waals surface area contributed by atoms with E-state index in [1.54, 1.807) is 6.07 Å². The average molecular weight is 394 g/mol. The molecule has 2 aromatic rings. The number of anilines is 2. The molecular weight excluding hydrogens is 383 g/mol. The molecule has 0 spiro atoms. The molecule has 2 aromatic carbocycles. The van der Waals surface area contributed by atoms with Crippen molar-refractivity contribution in [1.29, 1.82) is 0 Å². The van der Waals surface area contributed by atoms with Gasteiger partial charge in [-0.2, -0.15) is 0 Å². The van der Waals surface area contributed by atoms with Gasteiger partial charge in [0.1, 0.15) is 5.82 Å². The Bertz CT molecular complexity index is 812. The highest BCUT2D eigenvalue weighted by atomic mass is 79.9. The highest BCUT2D eigenvalue weighted by molar-refractivity contribution is 9.10. The van der Waals surface area contributed by atoms with Crippen LogP contribution >= 0.6 is 27.5 Å². The zero-order valence-corrected chi connectivity index (χ0v) is 14.0. The fourth-order valence-corrected chi connectivity index (χ4v) is 4.01. The molecular formula is C13H11BrClFN2O2S. The van der Waals surface area contributed by atoms with Crippen LogP contribution in [-0.4, -0.2) is 8.42 Å². The minimum absolute atomic E-state index is 0.00165. The molecule has 8 heteroatoms. The van der Waals surface area contributed by atoms with Crippen LogP contribution in [0.25, 0.3) is 0 Å². The van der Waals surface area contributed by atoms with Gasteiger partial charge in [0.15, 0.2) is 0 Å². The Kier molecular flexibility index (Phi) is 4.46. The molecule has 0 heterocycles. The van der Waals surface area contributed by atoms with Crippen LogP contribution in [0.2, 0.25) is 5.02 Å². The van der Waals surface area contributed by atoms with Gasteiger partial charge in [-0.05, 0) is 53.2 Å². The number of nitrogens with two attached hydrogens (primary N) is 1. The van der Waals surface area contributed by atoms with Crippen molar-refractivity contribution in [2.45, 2.75) is 11.8 Å². The topological polar surface area (TPSA) is 72.2 Å². The van der Waals surface area contributed by atoms with Crippen LogP contribution in [0, 0.1) is 12.7 Å². The Morgan fingerprint density at radius 2 is 1.95 bits per heavy atom. The first-order valence-corrected chi connectivity index (χ1v) is 8.39. The second kappa shape index (κ2) is 5.82. The van der Waals surface area contributed by atoms with Gasteiger partial charge in [-0.15, -0.1) is 0 Å². The number of benzene rings is 2. The van der Waals surface area contributed by atoms with Gasteiger partial charge >= 0.3 is 0 Å². The van der Waals surface area contributed by atoms with E-state index in [-0.39, 0.29) is 16.1 Å². The second-order valence-corrected chi connectivity index (χ2v) is 7.30. The molecule has 0 fully saturated rings. The van der Waals surface area contributed by atoms with Crippen molar-refractivity contribution in [3.8, 4) is 0 Å². The van der Waals surface area contributed by atoms with Crippen molar-refractivity contribution in [2.24, 2.45) is 0 Å². The molecule has 0 unspecified atom stereocenters. The van der Waals surface area contributed by atoms with Crippen molar-refractivity contribution in [3.63, 3.8) is 0 Å². The third-order valence-electron chi connectivity index (χ3n) is 2.78. The summed E-state index contributed by atoms with van der Waals surface area (Å²) >= 11 is 9.01. The van der Waals surface area contributed by atoms with Gasteiger partial charge in [0.05, 0.1) is 10.6 Å². The lowest BCUT2D eigenvalue weighted by Crippen LogP contribution is -2.15. The lowest BCUT2D eigenvalue weighted by molar-refractivity contribution is 0.591. The molecule has 0 aromatic heterocycles. The minimum atomic E-state index is -3.97. The van der Waals surface area contributed by atoms with Gasteiger partial charge in [0, 0.05) is 20.7 Å². The van der Waals surface area contributed by atoms with Crippen LogP contribution < -0.4 is 10.5 Å². The van der Waals surface area contributed by atoms with E-state index in [0.29, 0.717) is 15.2 Å². The first kappa shape index (κ1) is 16.1. The number of hydrogen-bond donors (Lipinski definition) is 2. The molecule has 0 aliphatic rings. The van der Waals surface area contributed by atoms with E-state index >= 15 is 0 Å². The largest absolute Gasteiger partial charge is 0.399 e. The number of halogens is 3. The standard InChI is InChI=1S/C13H11BrClFN2O2S/c1-7-11(16)5-9(17)6-13(7)21(19,20)18-12-3-2-8(15)4-10(12)14/h2-6,18H,17H2,1H3. The Morgan fingerprint density at radius 1 is 1.29 bits per heavy atom. The first-order chi connectivity index (χ1) is 9.70. The normalized spacial score (nSPS) is 11.4. The summed E-state index contributed by atoms with van der Waals surface area (Å²) in [5, 5.41) is 0.455. The van der Waals surface area contributed by atoms with Crippen LogP contribution in [0.15, 0.2) is 39.7 Å². The van der Waals surface area contributed by atoms with E-state index in [9.17, 15) is 12.8 Å². The predicted molar refractivity (Wildman–Crippen MR) is 85.5 cm³/mol. The van der Waals surface area contributed by atoms with Crippen molar-refractivity contribution in [1.82, 2.24) is 0 Å². The summed E-state index contributed by atoms with van der Waals surface area (Å²) in [6.07, 6.45) is 0. The van der Waals surface area contributed by atoms with Crippen LogP contribution in [0.5, 0.6) is 0 Å². The SMILES string of the molecule is Cc1c(F)cc(N)cc1S(=O)(=O)Nc1ccc(Cl)cc1Br. The Labute approximate surface area is 135 Å². The zero-order chi connectivity index (χ0) is 15.8. The molecule has 0 aliphatic heterocycles. The summed E-state index contributed by atoms with van der Waals surface area (Å²) in [4.78, 5) is -0.207. The third kappa shape index (κ3) is 3.48. The predicted octanol–water partition coefficient (Wildman–Crippen LogP) is 3.93. The van der Waals surface area contributed by atoms with Gasteiger partial charge in [-0.1, -0.05) is 11.6 Å². The second-order valence-electron chi connectivity index (χ2n) is 4.36. The molecule has 0 saturated heterocycles. The van der Waals surface area contributed by atoms with E-state index < -0.39 is 15.8 Å². The first-order valence-electron chi connectivity index (χ1n) is 5.74. The lowest BCUT2D eigenvalue weighted by atomic mass is 10.2.